The average Bonchev–Trinajstić information content (AvgIpc) is 2.37. The van der Waals surface area contributed by atoms with Crippen LogP contribution in [-0.4, -0.2) is 11.1 Å². The molecule has 116 valence electrons. The van der Waals surface area contributed by atoms with Crippen molar-refractivity contribution in [2.45, 2.75) is 72.6 Å². The molecule has 0 aromatic heterocycles. The molecule has 2 aliphatic carbocycles. The molecule has 2 atom stereocenters. The third-order valence-corrected chi connectivity index (χ3v) is 6.25. The number of carboxylic acid groups (broad SMARTS) is 1. The second-order valence-electron chi connectivity index (χ2n) is 8.16. The van der Waals surface area contributed by atoms with Gasteiger partial charge in [0, 0.05) is 0 Å². The Morgan fingerprint density at radius 2 is 1.55 bits per heavy atom. The Bertz CT molecular complexity index is 329. The molecule has 0 saturated heterocycles. The fourth-order valence-corrected chi connectivity index (χ4v) is 5.02. The van der Waals surface area contributed by atoms with Crippen molar-refractivity contribution in [3.8, 4) is 0 Å². The van der Waals surface area contributed by atoms with E-state index in [-0.39, 0.29) is 0 Å². The van der Waals surface area contributed by atoms with Gasteiger partial charge in [-0.15, -0.1) is 0 Å². The summed E-state index contributed by atoms with van der Waals surface area (Å²) in [4.78, 5) is 12.1. The maximum atomic E-state index is 12.1. The van der Waals surface area contributed by atoms with Crippen LogP contribution < -0.4 is 0 Å². The lowest BCUT2D eigenvalue weighted by Crippen LogP contribution is -2.45. The van der Waals surface area contributed by atoms with Crippen molar-refractivity contribution < 1.29 is 9.90 Å². The van der Waals surface area contributed by atoms with E-state index in [2.05, 4.69) is 27.7 Å². The zero-order chi connectivity index (χ0) is 14.9. The Hall–Kier alpha value is -0.530. The fourth-order valence-electron chi connectivity index (χ4n) is 5.02. The molecule has 0 radical (unpaired) electrons. The van der Waals surface area contributed by atoms with E-state index in [0.29, 0.717) is 23.7 Å². The van der Waals surface area contributed by atoms with Gasteiger partial charge in [0.1, 0.15) is 0 Å². The molecule has 2 rings (SSSR count). The molecule has 20 heavy (non-hydrogen) atoms. The molecule has 2 nitrogen and oxygen atoms in total. The third-order valence-electron chi connectivity index (χ3n) is 6.25. The Morgan fingerprint density at radius 3 is 1.95 bits per heavy atom. The van der Waals surface area contributed by atoms with Gasteiger partial charge in [-0.05, 0) is 74.5 Å². The van der Waals surface area contributed by atoms with Crippen LogP contribution in [-0.2, 0) is 4.79 Å². The molecule has 0 aromatic carbocycles. The second kappa shape index (κ2) is 6.07. The molecule has 2 unspecified atom stereocenters. The lowest BCUT2D eigenvalue weighted by molar-refractivity contribution is -0.158. The van der Waals surface area contributed by atoms with E-state index in [1.54, 1.807) is 0 Å². The SMILES string of the molecule is CC1CC(C)CC(C2(C(=O)O)CCC(C(C)C)CC2)C1. The minimum Gasteiger partial charge on any atom is -0.481 e. The summed E-state index contributed by atoms with van der Waals surface area (Å²) in [7, 11) is 0. The van der Waals surface area contributed by atoms with Crippen LogP contribution in [0.25, 0.3) is 0 Å². The van der Waals surface area contributed by atoms with Gasteiger partial charge in [0.25, 0.3) is 0 Å². The molecule has 2 fully saturated rings. The van der Waals surface area contributed by atoms with Crippen LogP contribution in [0.15, 0.2) is 0 Å². The topological polar surface area (TPSA) is 37.3 Å². The highest BCUT2D eigenvalue weighted by Gasteiger charge is 2.49. The van der Waals surface area contributed by atoms with E-state index in [1.807, 2.05) is 0 Å². The quantitative estimate of drug-likeness (QED) is 0.792. The highest BCUT2D eigenvalue weighted by atomic mass is 16.4. The van der Waals surface area contributed by atoms with E-state index in [0.717, 1.165) is 44.4 Å². The molecule has 2 saturated carbocycles. The van der Waals surface area contributed by atoms with Gasteiger partial charge in [-0.1, -0.05) is 27.7 Å². The predicted molar refractivity (Wildman–Crippen MR) is 82.5 cm³/mol. The van der Waals surface area contributed by atoms with Gasteiger partial charge < -0.3 is 5.11 Å². The van der Waals surface area contributed by atoms with E-state index < -0.39 is 11.4 Å². The van der Waals surface area contributed by atoms with Crippen molar-refractivity contribution in [1.82, 2.24) is 0 Å². The first-order valence-corrected chi connectivity index (χ1v) is 8.58. The molecular formula is C18H32O2. The zero-order valence-electron chi connectivity index (χ0n) is 13.7. The van der Waals surface area contributed by atoms with Crippen LogP contribution in [0.5, 0.6) is 0 Å². The van der Waals surface area contributed by atoms with Gasteiger partial charge in [-0.3, -0.25) is 4.79 Å². The first-order valence-electron chi connectivity index (χ1n) is 8.58. The lowest BCUT2D eigenvalue weighted by Gasteiger charge is -2.47. The van der Waals surface area contributed by atoms with Crippen LogP contribution in [0.2, 0.25) is 0 Å². The second-order valence-corrected chi connectivity index (χ2v) is 8.16. The van der Waals surface area contributed by atoms with Crippen LogP contribution in [0.3, 0.4) is 0 Å². The molecule has 0 aliphatic heterocycles. The third kappa shape index (κ3) is 3.04. The summed E-state index contributed by atoms with van der Waals surface area (Å²) in [5.41, 5.74) is -0.408. The Kier molecular flexibility index (Phi) is 4.81. The molecular weight excluding hydrogens is 248 g/mol. The summed E-state index contributed by atoms with van der Waals surface area (Å²) in [6.07, 6.45) is 7.59. The Balaban J connectivity index is 2.13. The van der Waals surface area contributed by atoms with Gasteiger partial charge in [0.05, 0.1) is 5.41 Å². The van der Waals surface area contributed by atoms with Crippen molar-refractivity contribution in [2.24, 2.45) is 35.0 Å². The van der Waals surface area contributed by atoms with Crippen LogP contribution >= 0.6 is 0 Å². The van der Waals surface area contributed by atoms with E-state index in [1.165, 1.54) is 6.42 Å². The lowest BCUT2D eigenvalue weighted by atomic mass is 9.57. The van der Waals surface area contributed by atoms with Crippen LogP contribution in [0, 0.1) is 35.0 Å². The largest absolute Gasteiger partial charge is 0.481 e. The van der Waals surface area contributed by atoms with Crippen molar-refractivity contribution >= 4 is 5.97 Å². The van der Waals surface area contributed by atoms with Gasteiger partial charge in [-0.25, -0.2) is 0 Å². The normalized spacial score (nSPS) is 42.6. The van der Waals surface area contributed by atoms with E-state index in [4.69, 9.17) is 0 Å². The molecule has 0 spiro atoms. The number of hydrogen-bond donors (Lipinski definition) is 1. The number of aliphatic carboxylic acids is 1. The van der Waals surface area contributed by atoms with Gasteiger partial charge >= 0.3 is 5.97 Å². The maximum Gasteiger partial charge on any atom is 0.309 e. The fraction of sp³-hybridized carbons (Fsp3) is 0.944. The van der Waals surface area contributed by atoms with Crippen LogP contribution in [0.4, 0.5) is 0 Å². The summed E-state index contributed by atoms with van der Waals surface area (Å²) in [6.45, 7) is 9.17. The molecule has 1 N–H and O–H groups in total. The Labute approximate surface area is 124 Å². The minimum absolute atomic E-state index is 0.408. The molecule has 2 aliphatic rings. The van der Waals surface area contributed by atoms with E-state index in [9.17, 15) is 9.90 Å². The van der Waals surface area contributed by atoms with Gasteiger partial charge in [0.2, 0.25) is 0 Å². The number of carboxylic acids is 1. The van der Waals surface area contributed by atoms with Crippen molar-refractivity contribution in [3.63, 3.8) is 0 Å². The highest BCUT2D eigenvalue weighted by molar-refractivity contribution is 5.75. The molecule has 0 amide bonds. The van der Waals surface area contributed by atoms with Crippen LogP contribution in [0.1, 0.15) is 72.6 Å². The Morgan fingerprint density at radius 1 is 1.05 bits per heavy atom. The summed E-state index contributed by atoms with van der Waals surface area (Å²) in [6, 6.07) is 0. The molecule has 0 heterocycles. The molecule has 2 heteroatoms. The minimum atomic E-state index is -0.508. The first kappa shape index (κ1) is 15.9. The van der Waals surface area contributed by atoms with Crippen molar-refractivity contribution in [2.75, 3.05) is 0 Å². The zero-order valence-corrected chi connectivity index (χ0v) is 13.7. The summed E-state index contributed by atoms with van der Waals surface area (Å²) < 4.78 is 0. The number of carbonyl (C=O) groups is 1. The number of rotatable bonds is 3. The van der Waals surface area contributed by atoms with Gasteiger partial charge in [-0.2, -0.15) is 0 Å². The van der Waals surface area contributed by atoms with Crippen molar-refractivity contribution in [1.29, 1.82) is 0 Å². The van der Waals surface area contributed by atoms with Gasteiger partial charge in [0.15, 0.2) is 0 Å². The number of hydrogen-bond acceptors (Lipinski definition) is 1. The standard InChI is InChI=1S/C18H32O2/c1-12(2)15-5-7-18(8-6-15,17(19)20)16-10-13(3)9-14(4)11-16/h12-16H,5-11H2,1-4H3,(H,19,20). The first-order chi connectivity index (χ1) is 9.35. The summed E-state index contributed by atoms with van der Waals surface area (Å²) in [5, 5.41) is 9.94. The molecule has 0 aromatic rings. The highest BCUT2D eigenvalue weighted by Crippen LogP contribution is 2.52. The van der Waals surface area contributed by atoms with Crippen molar-refractivity contribution in [3.05, 3.63) is 0 Å². The maximum absolute atomic E-state index is 12.1. The smallest absolute Gasteiger partial charge is 0.309 e. The molecule has 0 bridgehead atoms. The monoisotopic (exact) mass is 280 g/mol. The predicted octanol–water partition coefficient (Wildman–Crippen LogP) is 4.98. The average molecular weight is 280 g/mol. The van der Waals surface area contributed by atoms with E-state index >= 15 is 0 Å². The summed E-state index contributed by atoms with van der Waals surface area (Å²) in [5.74, 6) is 2.73. The summed E-state index contributed by atoms with van der Waals surface area (Å²) >= 11 is 0.